The highest BCUT2D eigenvalue weighted by molar-refractivity contribution is 9.10. The highest BCUT2D eigenvalue weighted by Gasteiger charge is 2.13. The van der Waals surface area contributed by atoms with Gasteiger partial charge in [-0.15, -0.1) is 0 Å². The Morgan fingerprint density at radius 2 is 1.83 bits per heavy atom. The van der Waals surface area contributed by atoms with E-state index in [9.17, 15) is 13.2 Å². The number of hydrogen-bond acceptors (Lipinski definition) is 4. The topological polar surface area (TPSA) is 71.4 Å². The van der Waals surface area contributed by atoms with Gasteiger partial charge in [0.1, 0.15) is 0 Å². The van der Waals surface area contributed by atoms with E-state index < -0.39 is 15.8 Å². The molecule has 18 heavy (non-hydrogen) atoms. The van der Waals surface area contributed by atoms with Gasteiger partial charge in [-0.05, 0) is 24.3 Å². The van der Waals surface area contributed by atoms with Crippen LogP contribution in [0.25, 0.3) is 0 Å². The highest BCUT2D eigenvalue weighted by atomic mass is 79.9. The lowest BCUT2D eigenvalue weighted by molar-refractivity contribution is -0.136. The van der Waals surface area contributed by atoms with Crippen molar-refractivity contribution < 1.29 is 18.3 Å². The molecule has 0 amide bonds. The third-order valence-electron chi connectivity index (χ3n) is 2.13. The molecule has 0 spiro atoms. The minimum absolute atomic E-state index is 0.0267. The van der Waals surface area contributed by atoms with Gasteiger partial charge in [0, 0.05) is 16.0 Å². The number of benzene rings is 1. The second-order valence-corrected chi connectivity index (χ2v) is 7.78. The number of thioether (sulfide) groups is 1. The molecule has 100 valence electrons. The molecule has 1 rings (SSSR count). The molecule has 0 aliphatic rings. The van der Waals surface area contributed by atoms with Crippen molar-refractivity contribution in [3.05, 3.63) is 28.7 Å². The number of carbonyl (C=O) groups is 1. The van der Waals surface area contributed by atoms with Gasteiger partial charge < -0.3 is 5.11 Å². The summed E-state index contributed by atoms with van der Waals surface area (Å²) < 4.78 is 24.6. The molecule has 0 fully saturated rings. The summed E-state index contributed by atoms with van der Waals surface area (Å²) in [5, 5.41) is 8.44. The first-order chi connectivity index (χ1) is 8.42. The van der Waals surface area contributed by atoms with Gasteiger partial charge in [0.25, 0.3) is 0 Å². The molecule has 0 radical (unpaired) electrons. The van der Waals surface area contributed by atoms with Crippen molar-refractivity contribution in [2.75, 3.05) is 17.3 Å². The lowest BCUT2D eigenvalue weighted by Gasteiger charge is -2.04. The van der Waals surface area contributed by atoms with Gasteiger partial charge in [-0.1, -0.05) is 15.9 Å². The van der Waals surface area contributed by atoms with Crippen LogP contribution >= 0.6 is 27.7 Å². The van der Waals surface area contributed by atoms with Crippen LogP contribution in [-0.2, 0) is 14.6 Å². The third kappa shape index (κ3) is 5.41. The Bertz CT molecular complexity index is 496. The van der Waals surface area contributed by atoms with E-state index in [-0.39, 0.29) is 12.2 Å². The Hall–Kier alpha value is -0.530. The molecular weight excluding hydrogens is 340 g/mol. The van der Waals surface area contributed by atoms with Crippen molar-refractivity contribution in [1.29, 1.82) is 0 Å². The monoisotopic (exact) mass is 352 g/mol. The van der Waals surface area contributed by atoms with Crippen LogP contribution < -0.4 is 0 Å². The van der Waals surface area contributed by atoms with Gasteiger partial charge in [0.15, 0.2) is 9.84 Å². The van der Waals surface area contributed by atoms with E-state index in [2.05, 4.69) is 15.9 Å². The zero-order valence-corrected chi connectivity index (χ0v) is 12.7. The molecular formula is C11H13BrO4S2. The smallest absolute Gasteiger partial charge is 0.304 e. The number of halogens is 1. The first-order valence-electron chi connectivity index (χ1n) is 5.20. The Kier molecular flexibility index (Phi) is 6.17. The number of carboxylic acid groups (broad SMARTS) is 1. The van der Waals surface area contributed by atoms with Crippen LogP contribution in [0.2, 0.25) is 0 Å². The number of carboxylic acids is 1. The van der Waals surface area contributed by atoms with Gasteiger partial charge in [0.2, 0.25) is 0 Å². The van der Waals surface area contributed by atoms with Gasteiger partial charge in [-0.25, -0.2) is 8.42 Å². The van der Waals surface area contributed by atoms with E-state index in [1.165, 1.54) is 11.8 Å². The van der Waals surface area contributed by atoms with Crippen LogP contribution in [0.4, 0.5) is 0 Å². The fourth-order valence-electron chi connectivity index (χ4n) is 1.19. The summed E-state index contributed by atoms with van der Waals surface area (Å²) in [4.78, 5) is 10.6. The maximum Gasteiger partial charge on any atom is 0.304 e. The highest BCUT2D eigenvalue weighted by Crippen LogP contribution is 2.17. The van der Waals surface area contributed by atoms with Gasteiger partial charge in [0.05, 0.1) is 17.1 Å². The second kappa shape index (κ2) is 7.16. The maximum atomic E-state index is 11.9. The van der Waals surface area contributed by atoms with Crippen LogP contribution in [0.5, 0.6) is 0 Å². The largest absolute Gasteiger partial charge is 0.481 e. The Balaban J connectivity index is 2.45. The molecule has 0 aliphatic carbocycles. The molecule has 0 heterocycles. The first kappa shape index (κ1) is 15.5. The van der Waals surface area contributed by atoms with Crippen molar-refractivity contribution in [1.82, 2.24) is 0 Å². The van der Waals surface area contributed by atoms with Crippen LogP contribution in [0, 0.1) is 0 Å². The van der Waals surface area contributed by atoms with E-state index in [4.69, 9.17) is 5.11 Å². The van der Waals surface area contributed by atoms with Crippen molar-refractivity contribution in [3.8, 4) is 0 Å². The summed E-state index contributed by atoms with van der Waals surface area (Å²) in [5.41, 5.74) is 0. The summed E-state index contributed by atoms with van der Waals surface area (Å²) in [5.74, 6) is 0.00810. The zero-order valence-electron chi connectivity index (χ0n) is 9.50. The summed E-state index contributed by atoms with van der Waals surface area (Å²) in [6.07, 6.45) is 0.0585. The second-order valence-electron chi connectivity index (χ2n) is 3.53. The lowest BCUT2D eigenvalue weighted by Crippen LogP contribution is -2.09. The molecule has 0 atom stereocenters. The molecule has 1 N–H and O–H groups in total. The van der Waals surface area contributed by atoms with Crippen LogP contribution in [0.1, 0.15) is 6.42 Å². The molecule has 0 saturated carbocycles. The van der Waals surface area contributed by atoms with Gasteiger partial charge >= 0.3 is 5.97 Å². The van der Waals surface area contributed by atoms with Gasteiger partial charge in [-0.3, -0.25) is 4.79 Å². The number of aliphatic carboxylic acids is 1. The van der Waals surface area contributed by atoms with E-state index in [0.717, 1.165) is 4.47 Å². The normalized spacial score (nSPS) is 11.4. The Labute approximate surface area is 119 Å². The van der Waals surface area contributed by atoms with Crippen LogP contribution in [0.3, 0.4) is 0 Å². The Morgan fingerprint density at radius 1 is 1.22 bits per heavy atom. The molecule has 4 nitrogen and oxygen atoms in total. The maximum absolute atomic E-state index is 11.9. The third-order valence-corrected chi connectivity index (χ3v) is 5.63. The summed E-state index contributed by atoms with van der Waals surface area (Å²) in [6.45, 7) is 0. The van der Waals surface area contributed by atoms with Crippen molar-refractivity contribution in [2.24, 2.45) is 0 Å². The number of hydrogen-bond donors (Lipinski definition) is 1. The summed E-state index contributed by atoms with van der Waals surface area (Å²) in [7, 11) is -3.27. The minimum atomic E-state index is -3.27. The van der Waals surface area contributed by atoms with Crippen molar-refractivity contribution in [2.45, 2.75) is 11.3 Å². The molecule has 1 aromatic carbocycles. The SMILES string of the molecule is O=C(O)CCSCCS(=O)(=O)c1ccc(Br)cc1. The Morgan fingerprint density at radius 3 is 2.39 bits per heavy atom. The minimum Gasteiger partial charge on any atom is -0.481 e. The average molecular weight is 353 g/mol. The quantitative estimate of drug-likeness (QED) is 0.763. The van der Waals surface area contributed by atoms with Crippen molar-refractivity contribution >= 4 is 43.5 Å². The fraction of sp³-hybridized carbons (Fsp3) is 0.364. The molecule has 7 heteroatoms. The molecule has 1 aromatic rings. The standard InChI is InChI=1S/C11H13BrO4S2/c12-9-1-3-10(4-2-9)18(15,16)8-7-17-6-5-11(13)14/h1-4H,5-8H2,(H,13,14). The number of sulfone groups is 1. The average Bonchev–Trinajstić information content (AvgIpc) is 2.28. The fourth-order valence-corrected chi connectivity index (χ4v) is 4.11. The number of rotatable bonds is 7. The molecule has 0 aromatic heterocycles. The first-order valence-corrected chi connectivity index (χ1v) is 8.80. The molecule has 0 saturated heterocycles. The van der Waals surface area contributed by atoms with Crippen LogP contribution in [-0.4, -0.2) is 36.8 Å². The molecule has 0 unspecified atom stereocenters. The van der Waals surface area contributed by atoms with Crippen LogP contribution in [0.15, 0.2) is 33.6 Å². The lowest BCUT2D eigenvalue weighted by atomic mass is 10.4. The summed E-state index contributed by atoms with van der Waals surface area (Å²) in [6, 6.07) is 6.48. The van der Waals surface area contributed by atoms with E-state index in [1.807, 2.05) is 0 Å². The predicted molar refractivity (Wildman–Crippen MR) is 75.8 cm³/mol. The zero-order chi connectivity index (χ0) is 13.6. The van der Waals surface area contributed by atoms with E-state index >= 15 is 0 Å². The van der Waals surface area contributed by atoms with Gasteiger partial charge in [-0.2, -0.15) is 11.8 Å². The van der Waals surface area contributed by atoms with Crippen molar-refractivity contribution in [3.63, 3.8) is 0 Å². The predicted octanol–water partition coefficient (Wildman–Crippen LogP) is 2.43. The van der Waals surface area contributed by atoms with E-state index in [0.29, 0.717) is 16.4 Å². The summed E-state index contributed by atoms with van der Waals surface area (Å²) >= 11 is 4.58. The molecule has 0 aliphatic heterocycles. The molecule has 0 bridgehead atoms. The van der Waals surface area contributed by atoms with E-state index in [1.54, 1.807) is 24.3 Å².